The number of carbonyl (C=O) groups is 1. The highest BCUT2D eigenvalue weighted by molar-refractivity contribution is 7.92. The number of fused-ring (bicyclic) bond motifs is 2. The van der Waals surface area contributed by atoms with Gasteiger partial charge in [0.15, 0.2) is 0 Å². The monoisotopic (exact) mass is 535 g/mol. The van der Waals surface area contributed by atoms with Gasteiger partial charge in [-0.05, 0) is 75.6 Å². The van der Waals surface area contributed by atoms with E-state index in [0.717, 1.165) is 43.9 Å². The predicted molar refractivity (Wildman–Crippen MR) is 140 cm³/mol. The van der Waals surface area contributed by atoms with Crippen molar-refractivity contribution in [1.82, 2.24) is 4.72 Å². The van der Waals surface area contributed by atoms with Gasteiger partial charge in [-0.25, -0.2) is 21.6 Å². The average molecular weight is 536 g/mol. The molecule has 4 rings (SSSR count). The fraction of sp³-hybridized carbons (Fsp3) is 0.480. The molecule has 0 bridgehead atoms. The molecule has 1 heterocycles. The van der Waals surface area contributed by atoms with E-state index in [0.29, 0.717) is 17.9 Å². The standard InChI is InChI=1S/C25H33N3O6S2/c1-24(2,3)27-36(33,34)18-9-11-22(29)19(15-18)23(30)28-16-25(12-6-5-7-13-25)20-14-17(8-10-21(20)28)26-35(4,31)32/h8-11,14-15,26-27,29H,5-7,12-13,16H2,1-4H3. The Morgan fingerprint density at radius 1 is 1.00 bits per heavy atom. The van der Waals surface area contributed by atoms with E-state index in [1.165, 1.54) is 18.2 Å². The van der Waals surface area contributed by atoms with Crippen LogP contribution in [0.1, 0.15) is 68.8 Å². The van der Waals surface area contributed by atoms with Crippen LogP contribution in [-0.2, 0) is 25.5 Å². The maximum atomic E-state index is 13.8. The Labute approximate surface area is 213 Å². The first-order valence-corrected chi connectivity index (χ1v) is 15.3. The van der Waals surface area contributed by atoms with Gasteiger partial charge in [-0.1, -0.05) is 19.3 Å². The Kier molecular flexibility index (Phi) is 6.64. The summed E-state index contributed by atoms with van der Waals surface area (Å²) < 4.78 is 54.4. The fourth-order valence-electron chi connectivity index (χ4n) is 5.24. The molecule has 1 aliphatic carbocycles. The molecule has 0 saturated heterocycles. The van der Waals surface area contributed by atoms with Gasteiger partial charge in [0.1, 0.15) is 5.75 Å². The molecule has 0 radical (unpaired) electrons. The van der Waals surface area contributed by atoms with Crippen LogP contribution in [0.25, 0.3) is 0 Å². The first-order valence-electron chi connectivity index (χ1n) is 11.9. The molecule has 1 aliphatic heterocycles. The number of benzene rings is 2. The second kappa shape index (κ2) is 9.04. The molecule has 1 spiro atoms. The van der Waals surface area contributed by atoms with E-state index < -0.39 is 31.5 Å². The molecule has 0 unspecified atom stereocenters. The molecule has 0 atom stereocenters. The van der Waals surface area contributed by atoms with Gasteiger partial charge in [-0.2, -0.15) is 0 Å². The van der Waals surface area contributed by atoms with Crippen molar-refractivity contribution in [1.29, 1.82) is 0 Å². The van der Waals surface area contributed by atoms with E-state index >= 15 is 0 Å². The van der Waals surface area contributed by atoms with E-state index in [2.05, 4.69) is 9.44 Å². The van der Waals surface area contributed by atoms with Crippen molar-refractivity contribution in [2.45, 2.75) is 68.7 Å². The topological polar surface area (TPSA) is 133 Å². The lowest BCUT2D eigenvalue weighted by atomic mass is 9.70. The summed E-state index contributed by atoms with van der Waals surface area (Å²) in [5, 5.41) is 10.5. The number of amides is 1. The minimum Gasteiger partial charge on any atom is -0.507 e. The van der Waals surface area contributed by atoms with Gasteiger partial charge in [0.25, 0.3) is 5.91 Å². The van der Waals surface area contributed by atoms with Crippen LogP contribution in [0.5, 0.6) is 5.75 Å². The molecule has 1 amide bonds. The number of phenolic OH excluding ortho intramolecular Hbond substituents is 1. The number of nitrogens with zero attached hydrogens (tertiary/aromatic N) is 1. The maximum Gasteiger partial charge on any atom is 0.262 e. The third-order valence-corrected chi connectivity index (χ3v) is 8.99. The number of nitrogens with one attached hydrogen (secondary N) is 2. The molecule has 11 heteroatoms. The van der Waals surface area contributed by atoms with Gasteiger partial charge in [-0.15, -0.1) is 0 Å². The van der Waals surface area contributed by atoms with E-state index in [-0.39, 0.29) is 21.6 Å². The molecular weight excluding hydrogens is 502 g/mol. The molecule has 36 heavy (non-hydrogen) atoms. The van der Waals surface area contributed by atoms with Crippen molar-refractivity contribution in [3.63, 3.8) is 0 Å². The van der Waals surface area contributed by atoms with Gasteiger partial charge in [0.05, 0.1) is 16.7 Å². The highest BCUT2D eigenvalue weighted by Crippen LogP contribution is 2.50. The summed E-state index contributed by atoms with van der Waals surface area (Å²) in [6, 6.07) is 8.81. The Morgan fingerprint density at radius 2 is 1.67 bits per heavy atom. The van der Waals surface area contributed by atoms with Crippen LogP contribution in [-0.4, -0.2) is 46.2 Å². The second-order valence-corrected chi connectivity index (χ2v) is 14.3. The van der Waals surface area contributed by atoms with Crippen LogP contribution in [0.2, 0.25) is 0 Å². The number of hydrogen-bond donors (Lipinski definition) is 3. The van der Waals surface area contributed by atoms with E-state index in [1.54, 1.807) is 43.9 Å². The summed E-state index contributed by atoms with van der Waals surface area (Å²) in [4.78, 5) is 15.2. The smallest absolute Gasteiger partial charge is 0.262 e. The lowest BCUT2D eigenvalue weighted by molar-refractivity contribution is 0.0979. The SMILES string of the molecule is CC(C)(C)NS(=O)(=O)c1ccc(O)c(C(=O)N2CC3(CCCCC3)c3cc(NS(C)(=O)=O)ccc32)c1. The van der Waals surface area contributed by atoms with E-state index in [9.17, 15) is 26.7 Å². The molecule has 3 N–H and O–H groups in total. The van der Waals surface area contributed by atoms with Crippen LogP contribution in [0.4, 0.5) is 11.4 Å². The van der Waals surface area contributed by atoms with Crippen molar-refractivity contribution >= 4 is 37.3 Å². The Hall–Kier alpha value is -2.63. The van der Waals surface area contributed by atoms with E-state index in [4.69, 9.17) is 0 Å². The van der Waals surface area contributed by atoms with Crippen LogP contribution >= 0.6 is 0 Å². The van der Waals surface area contributed by atoms with Crippen LogP contribution in [0.3, 0.4) is 0 Å². The Bertz CT molecular complexity index is 1410. The quantitative estimate of drug-likeness (QED) is 0.535. The molecular formula is C25H33N3O6S2. The molecule has 2 aliphatic rings. The predicted octanol–water partition coefficient (Wildman–Crippen LogP) is 3.70. The van der Waals surface area contributed by atoms with Crippen molar-refractivity contribution in [3.05, 3.63) is 47.5 Å². The zero-order chi connectivity index (χ0) is 26.5. The number of aromatic hydroxyl groups is 1. The van der Waals surface area contributed by atoms with Crippen LogP contribution in [0.15, 0.2) is 41.3 Å². The normalized spacial score (nSPS) is 17.7. The number of sulfonamides is 2. The van der Waals surface area contributed by atoms with Crippen molar-refractivity contribution in [2.75, 3.05) is 22.4 Å². The average Bonchev–Trinajstić information content (AvgIpc) is 3.04. The van der Waals surface area contributed by atoms with Gasteiger partial charge in [-0.3, -0.25) is 9.52 Å². The van der Waals surface area contributed by atoms with Gasteiger partial charge >= 0.3 is 0 Å². The minimum atomic E-state index is -3.92. The molecule has 0 aromatic heterocycles. The van der Waals surface area contributed by atoms with Crippen LogP contribution in [0, 0.1) is 0 Å². The minimum absolute atomic E-state index is 0.107. The summed E-state index contributed by atoms with van der Waals surface area (Å²) in [5.41, 5.74) is 0.803. The molecule has 1 fully saturated rings. The highest BCUT2D eigenvalue weighted by Gasteiger charge is 2.46. The largest absolute Gasteiger partial charge is 0.507 e. The third kappa shape index (κ3) is 5.37. The second-order valence-electron chi connectivity index (χ2n) is 10.9. The van der Waals surface area contributed by atoms with Gasteiger partial charge < -0.3 is 10.0 Å². The third-order valence-electron chi connectivity index (χ3n) is 6.63. The summed E-state index contributed by atoms with van der Waals surface area (Å²) >= 11 is 0. The lowest BCUT2D eigenvalue weighted by Crippen LogP contribution is -2.40. The van der Waals surface area contributed by atoms with Crippen molar-refractivity contribution in [2.24, 2.45) is 0 Å². The number of rotatable bonds is 5. The highest BCUT2D eigenvalue weighted by atomic mass is 32.2. The summed E-state index contributed by atoms with van der Waals surface area (Å²) in [6.07, 6.45) is 5.86. The number of anilines is 2. The number of hydrogen-bond acceptors (Lipinski definition) is 6. The lowest BCUT2D eigenvalue weighted by Gasteiger charge is -2.34. The maximum absolute atomic E-state index is 13.8. The van der Waals surface area contributed by atoms with Crippen LogP contribution < -0.4 is 14.3 Å². The number of phenols is 1. The van der Waals surface area contributed by atoms with Crippen molar-refractivity contribution in [3.8, 4) is 5.75 Å². The molecule has 2 aromatic rings. The first-order chi connectivity index (χ1) is 16.6. The summed E-state index contributed by atoms with van der Waals surface area (Å²) in [7, 11) is -7.40. The summed E-state index contributed by atoms with van der Waals surface area (Å²) in [5.74, 6) is -0.816. The molecule has 196 valence electrons. The first kappa shape index (κ1) is 26.4. The Balaban J connectivity index is 1.76. The van der Waals surface area contributed by atoms with E-state index in [1.807, 2.05) is 0 Å². The summed E-state index contributed by atoms with van der Waals surface area (Å²) in [6.45, 7) is 5.53. The van der Waals surface area contributed by atoms with Gasteiger partial charge in [0.2, 0.25) is 20.0 Å². The zero-order valence-electron chi connectivity index (χ0n) is 21.0. The van der Waals surface area contributed by atoms with Crippen molar-refractivity contribution < 1.29 is 26.7 Å². The number of carbonyl (C=O) groups excluding carboxylic acids is 1. The zero-order valence-corrected chi connectivity index (χ0v) is 22.6. The fourth-order valence-corrected chi connectivity index (χ4v) is 7.24. The molecule has 9 nitrogen and oxygen atoms in total. The Morgan fingerprint density at radius 3 is 2.28 bits per heavy atom. The van der Waals surface area contributed by atoms with Gasteiger partial charge in [0, 0.05) is 28.9 Å². The molecule has 2 aromatic carbocycles. The molecule has 1 saturated carbocycles.